The van der Waals surface area contributed by atoms with Crippen LogP contribution in [0.5, 0.6) is 0 Å². The van der Waals surface area contributed by atoms with Crippen molar-refractivity contribution in [1.82, 2.24) is 45.0 Å². The summed E-state index contributed by atoms with van der Waals surface area (Å²) in [5, 5.41) is 8.22. The molecule has 0 aliphatic carbocycles. The van der Waals surface area contributed by atoms with E-state index in [4.69, 9.17) is 19.4 Å². The fourth-order valence-electron chi connectivity index (χ4n) is 9.36. The summed E-state index contributed by atoms with van der Waals surface area (Å²) in [6.07, 6.45) is 6.09. The van der Waals surface area contributed by atoms with Gasteiger partial charge in [0.1, 0.15) is 18.1 Å². The number of thiazole rings is 1. The van der Waals surface area contributed by atoms with Crippen molar-refractivity contribution >= 4 is 46.1 Å². The topological polar surface area (TPSA) is 154 Å². The van der Waals surface area contributed by atoms with Gasteiger partial charge in [0.2, 0.25) is 5.91 Å². The fraction of sp³-hybridized carbons (Fsp3) is 0.542. The Kier molecular flexibility index (Phi) is 14.3. The zero-order valence-electron chi connectivity index (χ0n) is 39.1. The first-order valence-electron chi connectivity index (χ1n) is 22.5. The van der Waals surface area contributed by atoms with Gasteiger partial charge >= 0.3 is 12.0 Å². The number of nitrogens with one attached hydrogen (secondary N) is 2. The van der Waals surface area contributed by atoms with E-state index in [0.29, 0.717) is 50.4 Å². The number of urea groups is 1. The number of likely N-dealkylation sites (N-methyl/N-ethyl adjacent to an activating group) is 2. The molecule has 3 aromatic heterocycles. The highest BCUT2D eigenvalue weighted by atomic mass is 32.1. The van der Waals surface area contributed by atoms with Gasteiger partial charge in [-0.05, 0) is 89.4 Å². The number of fused-ring (bicyclic) bond motifs is 6. The lowest BCUT2D eigenvalue weighted by Crippen LogP contribution is -2.62. The van der Waals surface area contributed by atoms with Crippen LogP contribution in [0.3, 0.4) is 0 Å². The lowest BCUT2D eigenvalue weighted by atomic mass is 9.84. The van der Waals surface area contributed by atoms with Crippen molar-refractivity contribution in [3.63, 3.8) is 0 Å². The van der Waals surface area contributed by atoms with E-state index in [1.54, 1.807) is 25.3 Å². The fourth-order valence-corrected chi connectivity index (χ4v) is 10.2. The number of cyclic esters (lactones) is 1. The van der Waals surface area contributed by atoms with E-state index in [2.05, 4.69) is 66.4 Å². The number of hydrazine groups is 1. The second-order valence-electron chi connectivity index (χ2n) is 18.7. The first-order valence-corrected chi connectivity index (χ1v) is 23.4. The van der Waals surface area contributed by atoms with E-state index >= 15 is 0 Å². The Morgan fingerprint density at radius 2 is 1.91 bits per heavy atom. The summed E-state index contributed by atoms with van der Waals surface area (Å²) < 4.78 is 14.3. The van der Waals surface area contributed by atoms with Crippen LogP contribution in [0.2, 0.25) is 0 Å². The molecular weight excluding hydrogens is 831 g/mol. The average Bonchev–Trinajstić information content (AvgIpc) is 4.01. The number of aryl methyl sites for hydroxylation is 1. The van der Waals surface area contributed by atoms with Gasteiger partial charge in [-0.1, -0.05) is 39.8 Å². The predicted octanol–water partition coefficient (Wildman–Crippen LogP) is 6.43. The molecule has 1 fully saturated rings. The molecule has 4 amide bonds. The third-order valence-electron chi connectivity index (χ3n) is 12.6. The molecule has 15 nitrogen and oxygen atoms in total. The summed E-state index contributed by atoms with van der Waals surface area (Å²) in [5.41, 5.74) is 10.3. The second-order valence-corrected chi connectivity index (χ2v) is 19.7. The molecule has 6 heterocycles. The number of amides is 4. The maximum absolute atomic E-state index is 14.6. The Hall–Kier alpha value is -5.16. The zero-order chi connectivity index (χ0) is 46.0. The lowest BCUT2D eigenvalue weighted by molar-refractivity contribution is -0.155. The molecule has 1 unspecified atom stereocenters. The van der Waals surface area contributed by atoms with Crippen molar-refractivity contribution < 1.29 is 28.7 Å². The van der Waals surface area contributed by atoms with Crippen LogP contribution < -0.4 is 10.7 Å². The van der Waals surface area contributed by atoms with Crippen LogP contribution in [0.15, 0.2) is 53.7 Å². The van der Waals surface area contributed by atoms with E-state index in [1.807, 2.05) is 51.2 Å². The van der Waals surface area contributed by atoms with Crippen molar-refractivity contribution in [1.29, 1.82) is 0 Å². The van der Waals surface area contributed by atoms with Crippen molar-refractivity contribution in [3.8, 4) is 22.5 Å². The smallest absolute Gasteiger partial charge is 0.324 e. The number of carbonyl (C=O) groups excluding carboxylic acids is 4. The van der Waals surface area contributed by atoms with Gasteiger partial charge < -0.3 is 29.2 Å². The Morgan fingerprint density at radius 3 is 2.62 bits per heavy atom. The highest BCUT2D eigenvalue weighted by Crippen LogP contribution is 2.42. The lowest BCUT2D eigenvalue weighted by Gasteiger charge is -2.37. The quantitative estimate of drug-likeness (QED) is 0.170. The Balaban J connectivity index is 1.28. The molecule has 4 atom stereocenters. The van der Waals surface area contributed by atoms with Gasteiger partial charge in [0.15, 0.2) is 0 Å². The minimum absolute atomic E-state index is 0.104. The molecule has 1 aromatic carbocycles. The standard InChI is InChI=1S/C48H65N9O6S/c1-11-55-39-19-18-31-23-34(39)35(43(55)33-16-12-20-49-41(33)30(4)62-10)25-48(5,6)28-63-46(60)36-17-14-22-57(52-36)45(59)37(24-40-50-38(31)27-64-40)51-44(58)42(29(2)3)54(9)47(61)56-21-13-15-32(56)26-53(7)8/h12,15-16,18-20,23,27,29-30,36-37,42,52H,11,13-14,17,21-22,24-26,28H2,1-10H3,(H,51,58)/t30-,36-,37-,42?/m0/s1. The SMILES string of the molecule is CCn1c(-c2cccnc2[C@H](C)OC)c2c3cc(ccc31)-c1csc(n1)C[C@H](NC(=O)C(C(C)C)N(C)C(=O)N1CCC=C1CN(C)C)C(=O)N1CCC[C@H](N1)C(=O)OCC(C)(C)C2. The summed E-state index contributed by atoms with van der Waals surface area (Å²) in [6.45, 7) is 14.5. The van der Waals surface area contributed by atoms with Crippen molar-refractivity contribution in [3.05, 3.63) is 69.9 Å². The first-order chi connectivity index (χ1) is 30.5. The molecule has 16 heteroatoms. The molecule has 64 heavy (non-hydrogen) atoms. The first kappa shape index (κ1) is 46.8. The van der Waals surface area contributed by atoms with Crippen LogP contribution in [-0.4, -0.2) is 131 Å². The Bertz CT molecular complexity index is 2400. The molecule has 0 spiro atoms. The van der Waals surface area contributed by atoms with Gasteiger partial charge in [-0.2, -0.15) is 0 Å². The molecule has 1 saturated heterocycles. The molecule has 0 saturated carbocycles. The largest absolute Gasteiger partial charge is 0.464 e. The summed E-state index contributed by atoms with van der Waals surface area (Å²) >= 11 is 1.43. The number of aromatic nitrogens is 3. The van der Waals surface area contributed by atoms with Crippen molar-refractivity contribution in [2.75, 3.05) is 54.5 Å². The van der Waals surface area contributed by atoms with E-state index < -0.39 is 41.3 Å². The maximum Gasteiger partial charge on any atom is 0.324 e. The summed E-state index contributed by atoms with van der Waals surface area (Å²) in [4.78, 5) is 72.2. The van der Waals surface area contributed by atoms with Crippen LogP contribution >= 0.6 is 11.3 Å². The number of pyridine rings is 1. The number of benzene rings is 1. The minimum atomic E-state index is -1.05. The van der Waals surface area contributed by atoms with Crippen LogP contribution in [0.1, 0.15) is 83.2 Å². The number of methoxy groups -OCH3 is 1. The predicted molar refractivity (Wildman–Crippen MR) is 249 cm³/mol. The van der Waals surface area contributed by atoms with Gasteiger partial charge in [-0.15, -0.1) is 11.3 Å². The number of hydrogen-bond donors (Lipinski definition) is 2. The van der Waals surface area contributed by atoms with Gasteiger partial charge in [0.25, 0.3) is 5.91 Å². The van der Waals surface area contributed by atoms with Gasteiger partial charge in [-0.25, -0.2) is 15.2 Å². The third-order valence-corrected chi connectivity index (χ3v) is 13.4. The molecule has 7 rings (SSSR count). The summed E-state index contributed by atoms with van der Waals surface area (Å²) in [7, 11) is 7.25. The molecular formula is C48H65N9O6S. The number of esters is 1. The van der Waals surface area contributed by atoms with Crippen molar-refractivity contribution in [2.24, 2.45) is 11.3 Å². The van der Waals surface area contributed by atoms with Gasteiger partial charge in [0, 0.05) is 91.5 Å². The highest BCUT2D eigenvalue weighted by molar-refractivity contribution is 7.10. The third kappa shape index (κ3) is 9.75. The molecule has 344 valence electrons. The number of ether oxygens (including phenoxy) is 2. The molecule has 0 radical (unpaired) electrons. The average molecular weight is 896 g/mol. The van der Waals surface area contributed by atoms with Crippen LogP contribution in [0.4, 0.5) is 4.79 Å². The monoisotopic (exact) mass is 895 g/mol. The van der Waals surface area contributed by atoms with Crippen LogP contribution in [-0.2, 0) is 43.2 Å². The van der Waals surface area contributed by atoms with Crippen LogP contribution in [0.25, 0.3) is 33.4 Å². The molecule has 3 aliphatic rings. The Labute approximate surface area is 381 Å². The number of nitrogens with zero attached hydrogens (tertiary/aromatic N) is 7. The molecule has 3 aliphatic heterocycles. The van der Waals surface area contributed by atoms with Gasteiger partial charge in [-0.3, -0.25) is 29.3 Å². The zero-order valence-corrected chi connectivity index (χ0v) is 39.9. The van der Waals surface area contributed by atoms with Gasteiger partial charge in [0.05, 0.1) is 34.8 Å². The maximum atomic E-state index is 14.6. The number of rotatable bonds is 10. The van der Waals surface area contributed by atoms with E-state index in [-0.39, 0.29) is 31.1 Å². The minimum Gasteiger partial charge on any atom is -0.464 e. The summed E-state index contributed by atoms with van der Waals surface area (Å²) in [6, 6.07) is 7.51. The number of carbonyl (C=O) groups is 4. The summed E-state index contributed by atoms with van der Waals surface area (Å²) in [5.74, 6) is -1.55. The van der Waals surface area contributed by atoms with Crippen molar-refractivity contribution in [2.45, 2.75) is 104 Å². The molecule has 6 bridgehead atoms. The normalized spacial score (nSPS) is 20.3. The molecule has 4 aromatic rings. The van der Waals surface area contributed by atoms with E-state index in [0.717, 1.165) is 56.8 Å². The second kappa shape index (κ2) is 19.5. The number of hydrogen-bond acceptors (Lipinski definition) is 11. The molecule has 2 N–H and O–H groups in total. The van der Waals surface area contributed by atoms with E-state index in [1.165, 1.54) is 21.2 Å². The highest BCUT2D eigenvalue weighted by Gasteiger charge is 2.39. The Morgan fingerprint density at radius 1 is 1.12 bits per heavy atom. The van der Waals surface area contributed by atoms with Crippen LogP contribution in [0, 0.1) is 11.3 Å². The van der Waals surface area contributed by atoms with E-state index in [9.17, 15) is 19.2 Å².